The lowest BCUT2D eigenvalue weighted by atomic mass is 9.99. The fourth-order valence-corrected chi connectivity index (χ4v) is 8.09. The Morgan fingerprint density at radius 2 is 1.78 bits per heavy atom. The van der Waals surface area contributed by atoms with E-state index in [0.29, 0.717) is 44.3 Å². The van der Waals surface area contributed by atoms with Gasteiger partial charge < -0.3 is 30.2 Å². The van der Waals surface area contributed by atoms with Crippen molar-refractivity contribution in [3.05, 3.63) is 52.9 Å². The van der Waals surface area contributed by atoms with E-state index in [1.807, 2.05) is 12.1 Å². The molecule has 0 spiro atoms. The third-order valence-electron chi connectivity index (χ3n) is 8.65. The van der Waals surface area contributed by atoms with Crippen molar-refractivity contribution in [3.63, 3.8) is 0 Å². The van der Waals surface area contributed by atoms with Crippen LogP contribution in [0.25, 0.3) is 11.0 Å². The first kappa shape index (κ1) is 31.7. The van der Waals surface area contributed by atoms with Crippen molar-refractivity contribution in [1.82, 2.24) is 30.2 Å². The lowest BCUT2D eigenvalue weighted by Gasteiger charge is -2.41. The van der Waals surface area contributed by atoms with Crippen LogP contribution < -0.4 is 30.9 Å². The Morgan fingerprint density at radius 1 is 1.02 bits per heavy atom. The number of piperidine rings is 1. The van der Waals surface area contributed by atoms with Gasteiger partial charge in [-0.1, -0.05) is 6.92 Å². The van der Waals surface area contributed by atoms with Gasteiger partial charge in [0.05, 0.1) is 33.8 Å². The fourth-order valence-electron chi connectivity index (χ4n) is 6.41. The number of aromatic nitrogens is 4. The van der Waals surface area contributed by atoms with Gasteiger partial charge in [-0.3, -0.25) is 14.9 Å². The van der Waals surface area contributed by atoms with Crippen molar-refractivity contribution in [3.8, 4) is 5.75 Å². The molecule has 4 heterocycles. The molecule has 45 heavy (non-hydrogen) atoms. The second kappa shape index (κ2) is 13.6. The third-order valence-corrected chi connectivity index (χ3v) is 10.8. The summed E-state index contributed by atoms with van der Waals surface area (Å²) in [4.78, 5) is 23.4. The molecule has 2 saturated heterocycles. The molecular formula is C32H41BrN9O2P. The monoisotopic (exact) mass is 693 g/mol. The average molecular weight is 695 g/mol. The van der Waals surface area contributed by atoms with Gasteiger partial charge in [0.1, 0.15) is 24.2 Å². The molecule has 0 saturated carbocycles. The van der Waals surface area contributed by atoms with Gasteiger partial charge in [0.2, 0.25) is 5.95 Å². The molecule has 0 radical (unpaired) electrons. The summed E-state index contributed by atoms with van der Waals surface area (Å²) in [7, 11) is -1.04. The van der Waals surface area contributed by atoms with Crippen molar-refractivity contribution < 1.29 is 9.30 Å². The molecule has 13 heteroatoms. The molecular weight excluding hydrogens is 653 g/mol. The highest BCUT2D eigenvalue weighted by atomic mass is 79.9. The van der Waals surface area contributed by atoms with Crippen LogP contribution in [0, 0.1) is 0 Å². The summed E-state index contributed by atoms with van der Waals surface area (Å²) in [6, 6.07) is 8.69. The summed E-state index contributed by atoms with van der Waals surface area (Å²) in [5, 5.41) is 10.9. The Hall–Kier alpha value is -3.31. The predicted octanol–water partition coefficient (Wildman–Crippen LogP) is 5.36. The molecule has 2 aliphatic heterocycles. The first-order chi connectivity index (χ1) is 21.7. The number of hydrogen-bond donors (Lipinski definition) is 3. The molecule has 2 aliphatic rings. The van der Waals surface area contributed by atoms with Gasteiger partial charge in [0, 0.05) is 75.7 Å². The maximum absolute atomic E-state index is 13.4. The van der Waals surface area contributed by atoms with Crippen LogP contribution in [0.1, 0.15) is 25.3 Å². The van der Waals surface area contributed by atoms with Crippen LogP contribution in [0.4, 0.5) is 28.8 Å². The summed E-state index contributed by atoms with van der Waals surface area (Å²) in [6.45, 7) is 12.2. The molecule has 11 nitrogen and oxygen atoms in total. The van der Waals surface area contributed by atoms with Crippen LogP contribution in [0.5, 0.6) is 5.75 Å². The van der Waals surface area contributed by atoms with Gasteiger partial charge in [-0.15, -0.1) is 0 Å². The van der Waals surface area contributed by atoms with E-state index in [1.54, 1.807) is 39.0 Å². The summed E-state index contributed by atoms with van der Waals surface area (Å²) < 4.78 is 20.0. The average Bonchev–Trinajstić information content (AvgIpc) is 3.06. The van der Waals surface area contributed by atoms with Crippen LogP contribution in [0.2, 0.25) is 0 Å². The number of piperazine rings is 1. The van der Waals surface area contributed by atoms with E-state index >= 15 is 0 Å². The van der Waals surface area contributed by atoms with Gasteiger partial charge in [0.25, 0.3) is 0 Å². The maximum atomic E-state index is 13.4. The molecule has 2 fully saturated rings. The van der Waals surface area contributed by atoms with Gasteiger partial charge in [-0.2, -0.15) is 4.98 Å². The molecule has 0 unspecified atom stereocenters. The number of fused-ring (bicyclic) bond motifs is 1. The second-order valence-electron chi connectivity index (χ2n) is 11.9. The first-order valence-electron chi connectivity index (χ1n) is 15.5. The summed E-state index contributed by atoms with van der Waals surface area (Å²) in [5.74, 6) is 1.67. The van der Waals surface area contributed by atoms with Crippen molar-refractivity contribution in [2.45, 2.75) is 32.2 Å². The topological polar surface area (TPSA) is 120 Å². The van der Waals surface area contributed by atoms with E-state index in [2.05, 4.69) is 75.7 Å². The van der Waals surface area contributed by atoms with Crippen molar-refractivity contribution in [2.24, 2.45) is 0 Å². The molecule has 0 aliphatic carbocycles. The normalized spacial score (nSPS) is 16.6. The van der Waals surface area contributed by atoms with E-state index in [9.17, 15) is 4.57 Å². The van der Waals surface area contributed by atoms with E-state index in [-0.39, 0.29) is 0 Å². The number of hydrogen-bond acceptors (Lipinski definition) is 11. The lowest BCUT2D eigenvalue weighted by Crippen LogP contribution is -2.52. The smallest absolute Gasteiger partial charge is 0.229 e. The van der Waals surface area contributed by atoms with E-state index in [0.717, 1.165) is 57.1 Å². The number of ether oxygens (including phenoxy) is 1. The van der Waals surface area contributed by atoms with E-state index in [4.69, 9.17) is 9.72 Å². The van der Waals surface area contributed by atoms with Crippen LogP contribution in [-0.2, 0) is 11.0 Å². The predicted molar refractivity (Wildman–Crippen MR) is 187 cm³/mol. The first-order valence-corrected chi connectivity index (χ1v) is 18.9. The number of nitrogens with one attached hydrogen (secondary N) is 3. The standard InChI is InChI=1S/C32H41BrN9O2P/c1-5-21-18-26(28(44-2)19-27(21)42-14-8-22(9-15-42)41-16-12-34-13-17-41)39-32-37-20-23(33)31(40-32)38-25-7-6-24-29(36-11-10-35-24)30(25)45(3,4)43/h6-7,10-11,18-20,22,34H,5,8-9,12-17H2,1-4H3,(H2,37,38,39,40). The van der Waals surface area contributed by atoms with Crippen molar-refractivity contribution in [1.29, 1.82) is 0 Å². The highest BCUT2D eigenvalue weighted by Gasteiger charge is 2.27. The highest BCUT2D eigenvalue weighted by molar-refractivity contribution is 9.10. The lowest BCUT2D eigenvalue weighted by molar-refractivity contribution is 0.150. The number of nitrogens with zero attached hydrogens (tertiary/aromatic N) is 6. The second-order valence-corrected chi connectivity index (χ2v) is 15.9. The minimum absolute atomic E-state index is 0.406. The largest absolute Gasteiger partial charge is 0.494 e. The zero-order valence-corrected chi connectivity index (χ0v) is 28.8. The molecule has 6 rings (SSSR count). The molecule has 2 aromatic heterocycles. The van der Waals surface area contributed by atoms with Gasteiger partial charge in [-0.05, 0) is 72.3 Å². The molecule has 0 amide bonds. The maximum Gasteiger partial charge on any atom is 0.229 e. The van der Waals surface area contributed by atoms with Crippen molar-refractivity contribution in [2.75, 3.05) is 75.2 Å². The minimum atomic E-state index is -2.73. The van der Waals surface area contributed by atoms with Crippen LogP contribution >= 0.6 is 23.1 Å². The zero-order chi connectivity index (χ0) is 31.6. The summed E-state index contributed by atoms with van der Waals surface area (Å²) in [5.41, 5.74) is 5.25. The van der Waals surface area contributed by atoms with Crippen LogP contribution in [-0.4, -0.2) is 90.6 Å². The number of methoxy groups -OCH3 is 1. The SMILES string of the molecule is CCc1cc(Nc2ncc(Br)c(Nc3ccc4nccnc4c3P(C)(C)=O)n2)c(OC)cc1N1CCC(N2CCNCC2)CC1. The third kappa shape index (κ3) is 6.94. The highest BCUT2D eigenvalue weighted by Crippen LogP contribution is 2.42. The number of benzene rings is 2. The Balaban J connectivity index is 1.24. The Kier molecular flexibility index (Phi) is 9.56. The number of rotatable bonds is 9. The van der Waals surface area contributed by atoms with Gasteiger partial charge in [0.15, 0.2) is 0 Å². The molecule has 238 valence electrons. The Morgan fingerprint density at radius 3 is 2.49 bits per heavy atom. The molecule has 2 aromatic carbocycles. The van der Waals surface area contributed by atoms with Crippen LogP contribution in [0.15, 0.2) is 47.3 Å². The Labute approximate surface area is 273 Å². The quantitative estimate of drug-likeness (QED) is 0.197. The van der Waals surface area contributed by atoms with E-state index < -0.39 is 7.14 Å². The Bertz CT molecular complexity index is 1720. The van der Waals surface area contributed by atoms with E-state index in [1.165, 1.54) is 24.1 Å². The summed E-state index contributed by atoms with van der Waals surface area (Å²) in [6.07, 6.45) is 8.18. The van der Waals surface area contributed by atoms with Gasteiger partial charge >= 0.3 is 0 Å². The van der Waals surface area contributed by atoms with Gasteiger partial charge in [-0.25, -0.2) is 4.98 Å². The molecule has 4 aromatic rings. The number of halogens is 1. The summed E-state index contributed by atoms with van der Waals surface area (Å²) >= 11 is 3.58. The van der Waals surface area contributed by atoms with Crippen LogP contribution in [0.3, 0.4) is 0 Å². The van der Waals surface area contributed by atoms with Crippen molar-refractivity contribution >= 4 is 68.2 Å². The number of anilines is 5. The zero-order valence-electron chi connectivity index (χ0n) is 26.3. The number of aryl methyl sites for hydroxylation is 1. The molecule has 0 atom stereocenters. The molecule has 3 N–H and O–H groups in total. The minimum Gasteiger partial charge on any atom is -0.494 e. The molecule has 0 bridgehead atoms. The fraction of sp³-hybridized carbons (Fsp3) is 0.438.